The second-order valence-electron chi connectivity index (χ2n) is 2.42. The average Bonchev–Trinajstić information content (AvgIpc) is 2.93. The molecule has 0 atom stereocenters. The first-order chi connectivity index (χ1) is 8.29. The molecule has 1 aliphatic rings. The number of allylic oxidation sites excluding steroid dienone is 2. The van der Waals surface area contributed by atoms with Crippen LogP contribution in [0.3, 0.4) is 0 Å². The SMILES string of the molecule is [C-]#[O+].[C-]#[O+].[CH]1[CH][CH-]C=C1.[Fe+2].[S-]c1cccc(Br)c1. The van der Waals surface area contributed by atoms with E-state index in [2.05, 4.69) is 29.2 Å². The molecule has 0 unspecified atom stereocenters. The minimum atomic E-state index is 0. The first-order valence-corrected chi connectivity index (χ1v) is 5.49. The fraction of sp³-hybridized carbons (Fsp3) is 0. The topological polar surface area (TPSA) is 39.8 Å². The van der Waals surface area contributed by atoms with Crippen LogP contribution in [0.15, 0.2) is 45.8 Å². The Morgan fingerprint density at radius 3 is 2.00 bits per heavy atom. The largest absolute Gasteiger partial charge is 2.00 e. The van der Waals surface area contributed by atoms with E-state index in [-0.39, 0.29) is 17.1 Å². The number of hydrogen-bond donors (Lipinski definition) is 0. The third kappa shape index (κ3) is 15.5. The maximum Gasteiger partial charge on any atom is 2.00 e. The number of hydrogen-bond acceptors (Lipinski definition) is 1. The van der Waals surface area contributed by atoms with Crippen molar-refractivity contribution < 1.29 is 26.4 Å². The van der Waals surface area contributed by atoms with Gasteiger partial charge in [-0.05, 0) is 6.07 Å². The second-order valence-corrected chi connectivity index (χ2v) is 3.81. The van der Waals surface area contributed by atoms with Gasteiger partial charge >= 0.3 is 39.7 Å². The molecule has 0 saturated heterocycles. The summed E-state index contributed by atoms with van der Waals surface area (Å²) in [5.41, 5.74) is 0. The van der Waals surface area contributed by atoms with Crippen LogP contribution in [0, 0.1) is 32.6 Å². The monoisotopic (exact) mass is 364 g/mol. The van der Waals surface area contributed by atoms with Crippen molar-refractivity contribution in [1.82, 2.24) is 0 Å². The molecule has 18 heavy (non-hydrogen) atoms. The first kappa shape index (κ1) is 22.7. The summed E-state index contributed by atoms with van der Waals surface area (Å²) in [6.07, 6.45) is 10.0. The van der Waals surface area contributed by atoms with Gasteiger partial charge in [-0.15, -0.1) is 12.8 Å². The standard InChI is InChI=1S/C6H5BrS.C5H5.2CO.Fe/c7-5-2-1-3-6(8)4-5;1-2-4-5-3-1;2*1-2;/h1-4,8H;1-5H;;;/q;-1;;;+2/p-1. The van der Waals surface area contributed by atoms with Crippen LogP contribution in [-0.4, -0.2) is 0 Å². The van der Waals surface area contributed by atoms with Gasteiger partial charge in [0.2, 0.25) is 0 Å². The molecule has 1 aromatic rings. The Hall–Kier alpha value is -0.471. The Labute approximate surface area is 133 Å². The van der Waals surface area contributed by atoms with Crippen LogP contribution < -0.4 is 0 Å². The third-order valence-electron chi connectivity index (χ3n) is 1.35. The zero-order valence-corrected chi connectivity index (χ0v) is 12.7. The van der Waals surface area contributed by atoms with E-state index < -0.39 is 0 Å². The smallest absolute Gasteiger partial charge is 0.780 e. The molecule has 0 aliphatic heterocycles. The Morgan fingerprint density at radius 1 is 1.17 bits per heavy atom. The molecule has 0 aromatic heterocycles. The summed E-state index contributed by atoms with van der Waals surface area (Å²) >= 11 is 8.16. The predicted molar refractivity (Wildman–Crippen MR) is 69.7 cm³/mol. The van der Waals surface area contributed by atoms with Crippen LogP contribution in [0.25, 0.3) is 0 Å². The van der Waals surface area contributed by atoms with E-state index in [1.165, 1.54) is 0 Å². The maximum atomic E-state index is 7.50. The van der Waals surface area contributed by atoms with Gasteiger partial charge in [-0.2, -0.15) is 4.90 Å². The van der Waals surface area contributed by atoms with Crippen LogP contribution in [0.1, 0.15) is 0 Å². The van der Waals surface area contributed by atoms with Crippen molar-refractivity contribution in [2.45, 2.75) is 4.90 Å². The molecule has 2 radical (unpaired) electrons. The van der Waals surface area contributed by atoms with E-state index >= 15 is 0 Å². The molecule has 0 fully saturated rings. The summed E-state index contributed by atoms with van der Waals surface area (Å²) in [6, 6.07) is 7.66. The molecule has 2 rings (SSSR count). The van der Waals surface area contributed by atoms with E-state index in [0.717, 1.165) is 9.37 Å². The van der Waals surface area contributed by atoms with E-state index in [4.69, 9.17) is 21.9 Å². The van der Waals surface area contributed by atoms with Crippen molar-refractivity contribution in [3.63, 3.8) is 0 Å². The van der Waals surface area contributed by atoms with Crippen molar-refractivity contribution in [3.8, 4) is 0 Å². The number of halogens is 1. The fourth-order valence-corrected chi connectivity index (χ4v) is 1.54. The van der Waals surface area contributed by atoms with Gasteiger partial charge in [-0.1, -0.05) is 34.1 Å². The maximum absolute atomic E-state index is 7.50. The quantitative estimate of drug-likeness (QED) is 0.301. The van der Waals surface area contributed by atoms with Crippen molar-refractivity contribution in [2.75, 3.05) is 0 Å². The summed E-state index contributed by atoms with van der Waals surface area (Å²) in [7, 11) is 0. The van der Waals surface area contributed by atoms with E-state index in [0.29, 0.717) is 0 Å². The van der Waals surface area contributed by atoms with Gasteiger partial charge in [0.1, 0.15) is 0 Å². The zero-order valence-electron chi connectivity index (χ0n) is 9.15. The summed E-state index contributed by atoms with van der Waals surface area (Å²) in [4.78, 5) is 0.874. The van der Waals surface area contributed by atoms with Crippen molar-refractivity contribution in [3.05, 3.63) is 73.5 Å². The van der Waals surface area contributed by atoms with Crippen LogP contribution in [0.4, 0.5) is 0 Å². The van der Waals surface area contributed by atoms with E-state index in [1.807, 2.05) is 55.7 Å². The van der Waals surface area contributed by atoms with Crippen LogP contribution in [-0.2, 0) is 39.0 Å². The fourth-order valence-electron chi connectivity index (χ4n) is 0.788. The van der Waals surface area contributed by atoms with Gasteiger partial charge in [0.25, 0.3) is 0 Å². The Kier molecular flexibility index (Phi) is 23.8. The summed E-state index contributed by atoms with van der Waals surface area (Å²) in [5.74, 6) is 0. The molecule has 0 spiro atoms. The Balaban J connectivity index is -0.000000196. The molecule has 0 saturated carbocycles. The first-order valence-electron chi connectivity index (χ1n) is 4.29. The van der Waals surface area contributed by atoms with Crippen LogP contribution in [0.5, 0.6) is 0 Å². The zero-order chi connectivity index (χ0) is 13.5. The van der Waals surface area contributed by atoms with Crippen LogP contribution >= 0.6 is 15.9 Å². The molecule has 0 bridgehead atoms. The minimum absolute atomic E-state index is 0. The minimum Gasteiger partial charge on any atom is -0.780 e. The normalized spacial score (nSPS) is 9.61. The van der Waals surface area contributed by atoms with Gasteiger partial charge in [0.05, 0.1) is 0 Å². The molecule has 5 heteroatoms. The Bertz CT molecular complexity index is 335. The molecular weight excluding hydrogens is 356 g/mol. The van der Waals surface area contributed by atoms with Crippen molar-refractivity contribution >= 4 is 28.6 Å². The van der Waals surface area contributed by atoms with E-state index in [1.54, 1.807) is 0 Å². The van der Waals surface area contributed by atoms with Crippen LogP contribution in [0.2, 0.25) is 0 Å². The molecule has 1 aliphatic carbocycles. The molecular formula is C13H9BrFeO2S. The van der Waals surface area contributed by atoms with Gasteiger partial charge < -0.3 is 12.6 Å². The van der Waals surface area contributed by atoms with Crippen molar-refractivity contribution in [1.29, 1.82) is 0 Å². The summed E-state index contributed by atoms with van der Waals surface area (Å²) in [5, 5.41) is 0. The summed E-state index contributed by atoms with van der Waals surface area (Å²) < 4.78 is 16.0. The van der Waals surface area contributed by atoms with E-state index in [9.17, 15) is 0 Å². The average molecular weight is 365 g/mol. The molecule has 0 amide bonds. The molecule has 94 valence electrons. The third-order valence-corrected chi connectivity index (χ3v) is 2.10. The molecule has 0 N–H and O–H groups in total. The molecule has 0 heterocycles. The van der Waals surface area contributed by atoms with Gasteiger partial charge in [-0.25, -0.2) is 18.6 Å². The predicted octanol–water partition coefficient (Wildman–Crippen LogP) is 3.45. The van der Waals surface area contributed by atoms with Crippen molar-refractivity contribution in [2.24, 2.45) is 0 Å². The second kappa shape index (κ2) is 18.9. The van der Waals surface area contributed by atoms with Gasteiger partial charge in [-0.3, -0.25) is 0 Å². The summed E-state index contributed by atoms with van der Waals surface area (Å²) in [6.45, 7) is 9.00. The Morgan fingerprint density at radius 2 is 1.78 bits per heavy atom. The van der Waals surface area contributed by atoms with Gasteiger partial charge in [0.15, 0.2) is 0 Å². The number of benzene rings is 1. The molecule has 2 nitrogen and oxygen atoms in total. The molecule has 1 aromatic carbocycles. The van der Waals surface area contributed by atoms with Gasteiger partial charge in [0, 0.05) is 4.47 Å². The number of rotatable bonds is 0.